The lowest BCUT2D eigenvalue weighted by Crippen LogP contribution is -2.27. The van der Waals surface area contributed by atoms with Crippen LogP contribution in [0.1, 0.15) is 12.5 Å². The highest BCUT2D eigenvalue weighted by Crippen LogP contribution is 2.24. The summed E-state index contributed by atoms with van der Waals surface area (Å²) in [6.07, 6.45) is 0. The molecule has 0 aliphatic heterocycles. The van der Waals surface area contributed by atoms with E-state index in [1.165, 1.54) is 0 Å². The summed E-state index contributed by atoms with van der Waals surface area (Å²) in [5.74, 6) is 0.847. The Hall–Kier alpha value is -1.05. The van der Waals surface area contributed by atoms with E-state index >= 15 is 0 Å². The summed E-state index contributed by atoms with van der Waals surface area (Å²) >= 11 is 3.43. The molecule has 0 aliphatic carbocycles. The molecule has 0 aliphatic rings. The second-order valence-electron chi connectivity index (χ2n) is 3.68. The summed E-state index contributed by atoms with van der Waals surface area (Å²) in [5.41, 5.74) is 1.07. The van der Waals surface area contributed by atoms with Crippen molar-refractivity contribution >= 4 is 15.9 Å². The van der Waals surface area contributed by atoms with Crippen molar-refractivity contribution in [2.24, 2.45) is 0 Å². The second-order valence-corrected chi connectivity index (χ2v) is 4.59. The van der Waals surface area contributed by atoms with Crippen LogP contribution in [-0.2, 0) is 6.54 Å². The van der Waals surface area contributed by atoms with E-state index in [2.05, 4.69) is 22.0 Å². The lowest BCUT2D eigenvalue weighted by atomic mass is 10.1. The molecule has 0 spiro atoms. The van der Waals surface area contributed by atoms with Crippen LogP contribution in [0.3, 0.4) is 0 Å². The highest BCUT2D eigenvalue weighted by molar-refractivity contribution is 9.10. The highest BCUT2D eigenvalue weighted by atomic mass is 79.9. The SMILES string of the molecule is COc1ccc(Br)cc1CN(C)C(C)C#N. The summed E-state index contributed by atoms with van der Waals surface area (Å²) < 4.78 is 6.30. The molecule has 16 heavy (non-hydrogen) atoms. The topological polar surface area (TPSA) is 36.3 Å². The molecule has 1 aromatic rings. The van der Waals surface area contributed by atoms with Gasteiger partial charge in [0, 0.05) is 16.6 Å². The van der Waals surface area contributed by atoms with Crippen molar-refractivity contribution in [3.63, 3.8) is 0 Å². The highest BCUT2D eigenvalue weighted by Gasteiger charge is 2.11. The zero-order valence-electron chi connectivity index (χ0n) is 9.70. The van der Waals surface area contributed by atoms with Crippen molar-refractivity contribution in [1.29, 1.82) is 5.26 Å². The van der Waals surface area contributed by atoms with E-state index in [0.29, 0.717) is 6.54 Å². The molecule has 0 aromatic heterocycles. The Labute approximate surface area is 105 Å². The molecule has 0 saturated heterocycles. The Kier molecular flexibility index (Phi) is 4.78. The van der Waals surface area contributed by atoms with Crippen molar-refractivity contribution < 1.29 is 4.74 Å². The maximum Gasteiger partial charge on any atom is 0.123 e. The predicted octanol–water partition coefficient (Wildman–Crippen LogP) is 2.80. The number of nitrogens with zero attached hydrogens (tertiary/aromatic N) is 2. The van der Waals surface area contributed by atoms with Crippen molar-refractivity contribution in [3.05, 3.63) is 28.2 Å². The number of hydrogen-bond acceptors (Lipinski definition) is 3. The number of ether oxygens (including phenoxy) is 1. The van der Waals surface area contributed by atoms with Crippen LogP contribution in [-0.4, -0.2) is 25.1 Å². The summed E-state index contributed by atoms with van der Waals surface area (Å²) in [7, 11) is 3.58. The third kappa shape index (κ3) is 3.22. The smallest absolute Gasteiger partial charge is 0.123 e. The Balaban J connectivity index is 2.87. The first-order chi connectivity index (χ1) is 7.58. The molecule has 0 bridgehead atoms. The Bertz CT molecular complexity index is 400. The zero-order chi connectivity index (χ0) is 12.1. The number of benzene rings is 1. The molecule has 1 atom stereocenters. The van der Waals surface area contributed by atoms with E-state index < -0.39 is 0 Å². The maximum absolute atomic E-state index is 8.83. The van der Waals surface area contributed by atoms with Gasteiger partial charge in [0.25, 0.3) is 0 Å². The summed E-state index contributed by atoms with van der Waals surface area (Å²) in [4.78, 5) is 1.98. The molecular formula is C12H15BrN2O. The standard InChI is InChI=1S/C12H15BrN2O/c1-9(7-14)15(2)8-10-6-11(13)4-5-12(10)16-3/h4-6,9H,8H2,1-3H3. The van der Waals surface area contributed by atoms with Crippen LogP contribution < -0.4 is 4.74 Å². The van der Waals surface area contributed by atoms with E-state index in [9.17, 15) is 0 Å². The Morgan fingerprint density at radius 3 is 2.81 bits per heavy atom. The van der Waals surface area contributed by atoms with Crippen LogP contribution in [0.2, 0.25) is 0 Å². The van der Waals surface area contributed by atoms with Crippen LogP contribution in [0.15, 0.2) is 22.7 Å². The van der Waals surface area contributed by atoms with Gasteiger partial charge < -0.3 is 4.74 Å². The van der Waals surface area contributed by atoms with E-state index in [1.54, 1.807) is 7.11 Å². The predicted molar refractivity (Wildman–Crippen MR) is 67.2 cm³/mol. The van der Waals surface area contributed by atoms with Crippen molar-refractivity contribution in [1.82, 2.24) is 4.90 Å². The molecule has 1 unspecified atom stereocenters. The number of rotatable bonds is 4. The minimum atomic E-state index is -0.108. The van der Waals surface area contributed by atoms with Gasteiger partial charge in [0.05, 0.1) is 19.2 Å². The fraction of sp³-hybridized carbons (Fsp3) is 0.417. The quantitative estimate of drug-likeness (QED) is 0.852. The van der Waals surface area contributed by atoms with Gasteiger partial charge in [0.1, 0.15) is 5.75 Å². The first-order valence-corrected chi connectivity index (χ1v) is 5.80. The van der Waals surface area contributed by atoms with Crippen molar-refractivity contribution in [2.45, 2.75) is 19.5 Å². The molecule has 1 rings (SSSR count). The van der Waals surface area contributed by atoms with E-state index in [1.807, 2.05) is 37.1 Å². The fourth-order valence-corrected chi connectivity index (χ4v) is 1.78. The maximum atomic E-state index is 8.83. The van der Waals surface area contributed by atoms with Gasteiger partial charge in [-0.2, -0.15) is 5.26 Å². The number of nitriles is 1. The van der Waals surface area contributed by atoms with Gasteiger partial charge in [-0.15, -0.1) is 0 Å². The molecule has 0 N–H and O–H groups in total. The van der Waals surface area contributed by atoms with Crippen LogP contribution in [0.25, 0.3) is 0 Å². The summed E-state index contributed by atoms with van der Waals surface area (Å²) in [6.45, 7) is 2.57. The third-order valence-corrected chi connectivity index (χ3v) is 3.00. The Morgan fingerprint density at radius 2 is 2.25 bits per heavy atom. The van der Waals surface area contributed by atoms with Gasteiger partial charge in [-0.05, 0) is 32.2 Å². The van der Waals surface area contributed by atoms with Crippen LogP contribution >= 0.6 is 15.9 Å². The molecule has 0 amide bonds. The molecule has 86 valence electrons. The first kappa shape index (κ1) is 13.0. The van der Waals surface area contributed by atoms with E-state index in [0.717, 1.165) is 15.8 Å². The second kappa shape index (κ2) is 5.88. The molecule has 0 heterocycles. The molecule has 0 saturated carbocycles. The number of halogens is 1. The average molecular weight is 283 g/mol. The van der Waals surface area contributed by atoms with Crippen LogP contribution in [0.5, 0.6) is 5.75 Å². The van der Waals surface area contributed by atoms with Gasteiger partial charge >= 0.3 is 0 Å². The lowest BCUT2D eigenvalue weighted by molar-refractivity contribution is 0.288. The Morgan fingerprint density at radius 1 is 1.56 bits per heavy atom. The minimum absolute atomic E-state index is 0.108. The molecule has 3 nitrogen and oxygen atoms in total. The monoisotopic (exact) mass is 282 g/mol. The summed E-state index contributed by atoms with van der Waals surface area (Å²) in [6, 6.07) is 7.98. The molecular weight excluding hydrogens is 268 g/mol. The van der Waals surface area contributed by atoms with Gasteiger partial charge in [-0.1, -0.05) is 15.9 Å². The number of methoxy groups -OCH3 is 1. The third-order valence-electron chi connectivity index (χ3n) is 2.51. The summed E-state index contributed by atoms with van der Waals surface area (Å²) in [5, 5.41) is 8.83. The van der Waals surface area contributed by atoms with Gasteiger partial charge in [0.2, 0.25) is 0 Å². The van der Waals surface area contributed by atoms with Crippen molar-refractivity contribution in [2.75, 3.05) is 14.2 Å². The molecule has 0 radical (unpaired) electrons. The van der Waals surface area contributed by atoms with Gasteiger partial charge in [-0.3, -0.25) is 4.90 Å². The van der Waals surface area contributed by atoms with Crippen molar-refractivity contribution in [3.8, 4) is 11.8 Å². The molecule has 4 heteroatoms. The first-order valence-electron chi connectivity index (χ1n) is 5.00. The van der Waals surface area contributed by atoms with E-state index in [4.69, 9.17) is 10.00 Å². The van der Waals surface area contributed by atoms with Crippen LogP contribution in [0.4, 0.5) is 0 Å². The van der Waals surface area contributed by atoms with E-state index in [-0.39, 0.29) is 6.04 Å². The van der Waals surface area contributed by atoms with Crippen LogP contribution in [0, 0.1) is 11.3 Å². The zero-order valence-corrected chi connectivity index (χ0v) is 11.3. The van der Waals surface area contributed by atoms with Gasteiger partial charge in [0.15, 0.2) is 0 Å². The average Bonchev–Trinajstić information content (AvgIpc) is 2.28. The van der Waals surface area contributed by atoms with Gasteiger partial charge in [-0.25, -0.2) is 0 Å². The minimum Gasteiger partial charge on any atom is -0.496 e. The molecule has 0 fully saturated rings. The lowest BCUT2D eigenvalue weighted by Gasteiger charge is -2.20. The molecule has 1 aromatic carbocycles. The fourth-order valence-electron chi connectivity index (χ4n) is 1.37. The number of hydrogen-bond donors (Lipinski definition) is 0. The largest absolute Gasteiger partial charge is 0.496 e. The normalized spacial score (nSPS) is 12.2.